The van der Waals surface area contributed by atoms with Gasteiger partial charge in [0.15, 0.2) is 0 Å². The van der Waals surface area contributed by atoms with Crippen molar-refractivity contribution in [3.8, 4) is 11.4 Å². The predicted octanol–water partition coefficient (Wildman–Crippen LogP) is -0.981. The van der Waals surface area contributed by atoms with Crippen LogP contribution in [0.15, 0.2) is 17.2 Å². The second-order valence-electron chi connectivity index (χ2n) is 2.17. The Labute approximate surface area is 65.4 Å². The van der Waals surface area contributed by atoms with E-state index in [2.05, 4.69) is 9.97 Å². The Morgan fingerprint density at radius 3 is 2.92 bits per heavy atom. The molecule has 0 aromatic heterocycles. The maximum Gasteiger partial charge on any atom is 0.369 e. The monoisotopic (exact) mass is 168 g/mol. The fraction of sp³-hybridized carbons (Fsp3) is 0. The van der Waals surface area contributed by atoms with Gasteiger partial charge in [0.1, 0.15) is 0 Å². The molecule has 0 aromatic carbocycles. The molecule has 2 N–H and O–H groups in total. The topological polar surface area (TPSA) is 93.2 Å². The third-order valence-corrected chi connectivity index (χ3v) is 1.41. The Morgan fingerprint density at radius 1 is 1.42 bits per heavy atom. The molecular weight excluding hydrogens is 164 g/mol. The summed E-state index contributed by atoms with van der Waals surface area (Å²) in [5, 5.41) is 17.9. The van der Waals surface area contributed by atoms with Gasteiger partial charge in [-0.2, -0.15) is 9.97 Å². The fourth-order valence-corrected chi connectivity index (χ4v) is 0.894. The Kier molecular flexibility index (Phi) is 1.09. The number of hydrogen-bond acceptors (Lipinski definition) is 5. The molecule has 0 bridgehead atoms. The highest BCUT2D eigenvalue weighted by Gasteiger charge is 2.13. The van der Waals surface area contributed by atoms with Crippen molar-refractivity contribution >= 4 is 0 Å². The van der Waals surface area contributed by atoms with Crippen LogP contribution < -0.4 is 5.69 Å². The van der Waals surface area contributed by atoms with E-state index in [0.717, 1.165) is 0 Å². The molecule has 2 aliphatic heterocycles. The Morgan fingerprint density at radius 2 is 2.17 bits per heavy atom. The molecule has 0 saturated carbocycles. The lowest BCUT2D eigenvalue weighted by atomic mass is 10.3. The molecule has 2 rings (SSSR count). The van der Waals surface area contributed by atoms with Gasteiger partial charge >= 0.3 is 5.69 Å². The molecule has 0 atom stereocenters. The molecule has 7 heteroatoms. The second-order valence-corrected chi connectivity index (χ2v) is 2.17. The van der Waals surface area contributed by atoms with Gasteiger partial charge in [0, 0.05) is 6.20 Å². The summed E-state index contributed by atoms with van der Waals surface area (Å²) in [6.45, 7) is 0. The molecule has 0 saturated heterocycles. The van der Waals surface area contributed by atoms with Crippen LogP contribution in [-0.4, -0.2) is 30.1 Å². The van der Waals surface area contributed by atoms with Crippen LogP contribution in [0.4, 0.5) is 0 Å². The SMILES string of the molecule is O=c1ncc2cn(O)n(O)c-2n1. The van der Waals surface area contributed by atoms with Gasteiger partial charge in [-0.1, -0.05) is 9.69 Å². The first-order chi connectivity index (χ1) is 5.68. The summed E-state index contributed by atoms with van der Waals surface area (Å²) in [5.74, 6) is -0.0301. The average Bonchev–Trinajstić information content (AvgIpc) is 2.31. The van der Waals surface area contributed by atoms with Crippen LogP contribution in [-0.2, 0) is 0 Å². The van der Waals surface area contributed by atoms with E-state index in [9.17, 15) is 4.79 Å². The summed E-state index contributed by atoms with van der Waals surface area (Å²) in [6.07, 6.45) is 2.39. The molecule has 12 heavy (non-hydrogen) atoms. The first kappa shape index (κ1) is 6.65. The first-order valence-electron chi connectivity index (χ1n) is 3.04. The quantitative estimate of drug-likeness (QED) is 0.493. The van der Waals surface area contributed by atoms with E-state index in [1.54, 1.807) is 0 Å². The van der Waals surface area contributed by atoms with Crippen LogP contribution in [0.3, 0.4) is 0 Å². The summed E-state index contributed by atoms with van der Waals surface area (Å²) < 4.78 is 0. The predicted molar refractivity (Wildman–Crippen MR) is 35.3 cm³/mol. The third-order valence-electron chi connectivity index (χ3n) is 1.41. The van der Waals surface area contributed by atoms with E-state index >= 15 is 0 Å². The van der Waals surface area contributed by atoms with Gasteiger partial charge in [-0.05, 0) is 0 Å². The molecule has 0 amide bonds. The van der Waals surface area contributed by atoms with Crippen molar-refractivity contribution in [3.63, 3.8) is 0 Å². The lowest BCUT2D eigenvalue weighted by Gasteiger charge is -1.96. The molecule has 0 fully saturated rings. The van der Waals surface area contributed by atoms with Crippen LogP contribution in [0.2, 0.25) is 0 Å². The van der Waals surface area contributed by atoms with Crippen molar-refractivity contribution in [2.75, 3.05) is 0 Å². The zero-order chi connectivity index (χ0) is 8.72. The summed E-state index contributed by atoms with van der Waals surface area (Å²) in [6, 6.07) is 0. The number of nitrogens with zero attached hydrogens (tertiary/aromatic N) is 4. The smallest absolute Gasteiger partial charge is 0.369 e. The fourth-order valence-electron chi connectivity index (χ4n) is 0.894. The van der Waals surface area contributed by atoms with Crippen molar-refractivity contribution in [1.29, 1.82) is 0 Å². The lowest BCUT2D eigenvalue weighted by molar-refractivity contribution is -0.00803. The van der Waals surface area contributed by atoms with E-state index in [0.29, 0.717) is 15.3 Å². The number of rotatable bonds is 0. The molecule has 7 nitrogen and oxygen atoms in total. The van der Waals surface area contributed by atoms with Crippen LogP contribution >= 0.6 is 0 Å². The highest BCUT2D eigenvalue weighted by molar-refractivity contribution is 5.52. The minimum Gasteiger partial charge on any atom is -0.411 e. The number of fused-ring (bicyclic) bond motifs is 1. The van der Waals surface area contributed by atoms with Gasteiger partial charge in [-0.25, -0.2) is 4.79 Å². The number of hydrogen-bond donors (Lipinski definition) is 2. The van der Waals surface area contributed by atoms with Crippen molar-refractivity contribution in [3.05, 3.63) is 22.9 Å². The molecule has 2 heterocycles. The molecule has 0 aromatic rings. The van der Waals surface area contributed by atoms with Crippen molar-refractivity contribution < 1.29 is 10.4 Å². The standard InChI is InChI=1S/C5H4N4O3/c10-5-6-1-3-2-8(11)9(12)4(3)7-5/h1-2,11-12H. The van der Waals surface area contributed by atoms with E-state index in [-0.39, 0.29) is 5.82 Å². The Hall–Kier alpha value is -2.05. The van der Waals surface area contributed by atoms with Gasteiger partial charge in [0.25, 0.3) is 0 Å². The third kappa shape index (κ3) is 0.729. The highest BCUT2D eigenvalue weighted by Crippen LogP contribution is 2.14. The van der Waals surface area contributed by atoms with Crippen molar-refractivity contribution in [1.82, 2.24) is 19.7 Å². The Bertz CT molecular complexity index is 441. The maximum absolute atomic E-state index is 10.6. The second kappa shape index (κ2) is 1.97. The summed E-state index contributed by atoms with van der Waals surface area (Å²) >= 11 is 0. The van der Waals surface area contributed by atoms with E-state index in [1.807, 2.05) is 0 Å². The zero-order valence-electron chi connectivity index (χ0n) is 5.75. The van der Waals surface area contributed by atoms with Crippen LogP contribution in [0.1, 0.15) is 0 Å². The Balaban J connectivity index is 2.88. The molecule has 62 valence electrons. The van der Waals surface area contributed by atoms with Crippen molar-refractivity contribution in [2.24, 2.45) is 0 Å². The summed E-state index contributed by atoms with van der Waals surface area (Å²) in [4.78, 5) is 18.1. The van der Waals surface area contributed by atoms with Gasteiger partial charge in [0.2, 0.25) is 5.82 Å². The van der Waals surface area contributed by atoms with Crippen molar-refractivity contribution in [2.45, 2.75) is 0 Å². The number of aromatic nitrogens is 4. The molecule has 2 aliphatic rings. The largest absolute Gasteiger partial charge is 0.411 e. The molecule has 0 radical (unpaired) electrons. The average molecular weight is 168 g/mol. The molecule has 0 unspecified atom stereocenters. The first-order valence-corrected chi connectivity index (χ1v) is 3.04. The zero-order valence-corrected chi connectivity index (χ0v) is 5.75. The molecule has 0 spiro atoms. The van der Waals surface area contributed by atoms with E-state index in [1.165, 1.54) is 12.4 Å². The van der Waals surface area contributed by atoms with Gasteiger partial charge in [-0.3, -0.25) is 0 Å². The van der Waals surface area contributed by atoms with Gasteiger partial charge in [-0.15, -0.1) is 0 Å². The minimum absolute atomic E-state index is 0.0301. The summed E-state index contributed by atoms with van der Waals surface area (Å²) in [7, 11) is 0. The maximum atomic E-state index is 10.6. The van der Waals surface area contributed by atoms with Gasteiger partial charge in [0.05, 0.1) is 11.8 Å². The van der Waals surface area contributed by atoms with Crippen LogP contribution in [0, 0.1) is 0 Å². The minimum atomic E-state index is -0.712. The van der Waals surface area contributed by atoms with Crippen LogP contribution in [0.25, 0.3) is 11.4 Å². The van der Waals surface area contributed by atoms with Gasteiger partial charge < -0.3 is 10.4 Å². The summed E-state index contributed by atoms with van der Waals surface area (Å²) in [5.41, 5.74) is -0.337. The molecule has 0 aliphatic carbocycles. The van der Waals surface area contributed by atoms with E-state index < -0.39 is 5.69 Å². The lowest BCUT2D eigenvalue weighted by Crippen LogP contribution is -2.14. The molecular formula is C5H4N4O3. The van der Waals surface area contributed by atoms with E-state index in [4.69, 9.17) is 10.4 Å². The highest BCUT2D eigenvalue weighted by atomic mass is 16.6. The van der Waals surface area contributed by atoms with Crippen LogP contribution in [0.5, 0.6) is 0 Å². The normalized spacial score (nSPS) is 10.7.